The van der Waals surface area contributed by atoms with Crippen LogP contribution in [0.3, 0.4) is 0 Å². The number of fused-ring (bicyclic) bond motifs is 1. The molecule has 4 heterocycles. The standard InChI is InChI=1S/C15H24N5O11P/c16-12-7-13(20(3-17-7)15-10(24)8(22)5(1-21)30-15)18-4-19(12)14-11(25)9(23)6(31-14)2-29-32(26,27)28/h3,5-6,8-11,14-16,18,21-25H,1-2,4H2,(H2,26,27,28)/t5-,6-,8-,9-,10-,11-,14?,15-/m1/s1. The predicted octanol–water partition coefficient (Wildman–Crippen LogP) is -3.94. The van der Waals surface area contributed by atoms with Crippen LogP contribution >= 0.6 is 7.82 Å². The number of phosphoric acid groups is 1. The fourth-order valence-electron chi connectivity index (χ4n) is 3.90. The van der Waals surface area contributed by atoms with Crippen LogP contribution in [-0.4, -0.2) is 118 Å². The predicted molar refractivity (Wildman–Crippen MR) is 101 cm³/mol. The quantitative estimate of drug-likeness (QED) is 0.176. The molecule has 2 fully saturated rings. The molecule has 0 radical (unpaired) electrons. The SMILES string of the molecule is N=C1c2ncn([C@@H]3O[C@H](CO)[C@@H](O)[C@H]3O)c2NCN1C1O[C@H](COP(=O)(O)O)[C@@H](O)[C@H]1O. The van der Waals surface area contributed by atoms with Crippen LogP contribution in [0.5, 0.6) is 0 Å². The van der Waals surface area contributed by atoms with Gasteiger partial charge in [0, 0.05) is 0 Å². The molecule has 17 heteroatoms. The van der Waals surface area contributed by atoms with Gasteiger partial charge in [0.15, 0.2) is 18.3 Å². The fourth-order valence-corrected chi connectivity index (χ4v) is 4.24. The van der Waals surface area contributed by atoms with Crippen LogP contribution in [0.15, 0.2) is 6.33 Å². The lowest BCUT2D eigenvalue weighted by Crippen LogP contribution is -2.51. The lowest BCUT2D eigenvalue weighted by Gasteiger charge is -2.36. The van der Waals surface area contributed by atoms with Gasteiger partial charge in [-0.25, -0.2) is 9.55 Å². The molecule has 180 valence electrons. The number of rotatable bonds is 6. The number of nitrogens with one attached hydrogen (secondary N) is 2. The first kappa shape index (κ1) is 23.5. The molecule has 0 aromatic carbocycles. The van der Waals surface area contributed by atoms with E-state index < -0.39 is 70.1 Å². The summed E-state index contributed by atoms with van der Waals surface area (Å²) < 4.78 is 27.6. The zero-order valence-corrected chi connectivity index (χ0v) is 17.3. The number of nitrogens with zero attached hydrogens (tertiary/aromatic N) is 3. The Balaban J connectivity index is 1.50. The Hall–Kier alpha value is -1.69. The molecule has 1 aromatic rings. The molecule has 16 nitrogen and oxygen atoms in total. The lowest BCUT2D eigenvalue weighted by atomic mass is 10.1. The number of hydrogen-bond donors (Lipinski definition) is 9. The second-order valence-corrected chi connectivity index (χ2v) is 8.80. The summed E-state index contributed by atoms with van der Waals surface area (Å²) in [4.78, 5) is 23.0. The van der Waals surface area contributed by atoms with Crippen molar-refractivity contribution in [3.8, 4) is 0 Å². The van der Waals surface area contributed by atoms with Gasteiger partial charge < -0.3 is 55.0 Å². The van der Waals surface area contributed by atoms with E-state index in [0.717, 1.165) is 0 Å². The van der Waals surface area contributed by atoms with Crippen molar-refractivity contribution in [2.45, 2.75) is 49.1 Å². The molecule has 2 saturated heterocycles. The topological polar surface area (TPSA) is 243 Å². The summed E-state index contributed by atoms with van der Waals surface area (Å²) in [6, 6.07) is 0. The van der Waals surface area contributed by atoms with Gasteiger partial charge in [-0.1, -0.05) is 0 Å². The van der Waals surface area contributed by atoms with E-state index in [1.807, 2.05) is 0 Å². The van der Waals surface area contributed by atoms with Crippen molar-refractivity contribution < 1.29 is 53.9 Å². The lowest BCUT2D eigenvalue weighted by molar-refractivity contribution is -0.0698. The highest BCUT2D eigenvalue weighted by Gasteiger charge is 2.49. The first-order valence-corrected chi connectivity index (χ1v) is 11.1. The number of imidazole rings is 1. The van der Waals surface area contributed by atoms with E-state index in [1.54, 1.807) is 0 Å². The van der Waals surface area contributed by atoms with Gasteiger partial charge in [-0.15, -0.1) is 0 Å². The van der Waals surface area contributed by atoms with Gasteiger partial charge in [0.05, 0.1) is 26.2 Å². The van der Waals surface area contributed by atoms with Crippen LogP contribution in [-0.2, 0) is 18.6 Å². The van der Waals surface area contributed by atoms with E-state index in [-0.39, 0.29) is 24.0 Å². The second-order valence-electron chi connectivity index (χ2n) is 7.56. The van der Waals surface area contributed by atoms with Crippen LogP contribution in [0, 0.1) is 5.41 Å². The Morgan fingerprint density at radius 1 is 1.12 bits per heavy atom. The zero-order chi connectivity index (χ0) is 23.4. The monoisotopic (exact) mass is 481 g/mol. The van der Waals surface area contributed by atoms with E-state index in [2.05, 4.69) is 14.8 Å². The minimum absolute atomic E-state index is 0.0918. The van der Waals surface area contributed by atoms with Gasteiger partial charge in [0.1, 0.15) is 48.1 Å². The maximum absolute atomic E-state index is 10.9. The highest BCUT2D eigenvalue weighted by atomic mass is 31.2. The third-order valence-corrected chi connectivity index (χ3v) is 6.05. The average molecular weight is 481 g/mol. The van der Waals surface area contributed by atoms with Gasteiger partial charge >= 0.3 is 7.82 Å². The number of phosphoric ester groups is 1. The number of anilines is 1. The first-order valence-electron chi connectivity index (χ1n) is 9.54. The molecule has 0 amide bonds. The molecule has 8 atom stereocenters. The van der Waals surface area contributed by atoms with Gasteiger partial charge in [0.25, 0.3) is 0 Å². The van der Waals surface area contributed by atoms with Crippen molar-refractivity contribution >= 4 is 19.5 Å². The van der Waals surface area contributed by atoms with Gasteiger partial charge in [-0.3, -0.25) is 14.5 Å². The Morgan fingerprint density at radius 2 is 1.75 bits per heavy atom. The number of aromatic nitrogens is 2. The first-order chi connectivity index (χ1) is 15.0. The van der Waals surface area contributed by atoms with Gasteiger partial charge in [-0.2, -0.15) is 0 Å². The summed E-state index contributed by atoms with van der Waals surface area (Å²) in [6.45, 7) is -1.29. The third kappa shape index (κ3) is 4.04. The van der Waals surface area contributed by atoms with Gasteiger partial charge in [-0.05, 0) is 0 Å². The van der Waals surface area contributed by atoms with E-state index in [1.165, 1.54) is 15.8 Å². The van der Waals surface area contributed by atoms with E-state index in [9.17, 15) is 30.1 Å². The molecule has 3 aliphatic heterocycles. The second kappa shape index (κ2) is 8.58. The molecular weight excluding hydrogens is 457 g/mol. The number of hydrogen-bond acceptors (Lipinski definition) is 12. The fraction of sp³-hybridized carbons (Fsp3) is 0.733. The molecule has 0 saturated carbocycles. The van der Waals surface area contributed by atoms with Crippen LogP contribution in [0.1, 0.15) is 11.9 Å². The average Bonchev–Trinajstić information content (AvgIpc) is 3.37. The van der Waals surface area contributed by atoms with Crippen molar-refractivity contribution in [2.24, 2.45) is 0 Å². The summed E-state index contributed by atoms with van der Waals surface area (Å²) in [5.74, 6) is 0.0626. The number of amidine groups is 1. The van der Waals surface area contributed by atoms with Crippen LogP contribution in [0.2, 0.25) is 0 Å². The van der Waals surface area contributed by atoms with Crippen molar-refractivity contribution in [3.63, 3.8) is 0 Å². The molecule has 9 N–H and O–H groups in total. The smallest absolute Gasteiger partial charge is 0.394 e. The Bertz CT molecular complexity index is 910. The van der Waals surface area contributed by atoms with Crippen molar-refractivity contribution in [2.75, 3.05) is 25.2 Å². The van der Waals surface area contributed by atoms with Crippen molar-refractivity contribution in [3.05, 3.63) is 12.0 Å². The number of aliphatic hydroxyl groups excluding tert-OH is 5. The van der Waals surface area contributed by atoms with Crippen molar-refractivity contribution in [1.82, 2.24) is 14.5 Å². The zero-order valence-electron chi connectivity index (χ0n) is 16.4. The molecule has 0 spiro atoms. The Morgan fingerprint density at radius 3 is 2.38 bits per heavy atom. The van der Waals surface area contributed by atoms with Gasteiger partial charge in [0.2, 0.25) is 0 Å². The van der Waals surface area contributed by atoms with E-state index >= 15 is 0 Å². The molecule has 0 bridgehead atoms. The minimum Gasteiger partial charge on any atom is -0.394 e. The number of aliphatic hydroxyl groups is 5. The largest absolute Gasteiger partial charge is 0.469 e. The summed E-state index contributed by atoms with van der Waals surface area (Å²) in [6.07, 6.45) is -9.03. The van der Waals surface area contributed by atoms with E-state index in [0.29, 0.717) is 0 Å². The summed E-state index contributed by atoms with van der Waals surface area (Å²) in [7, 11) is -4.82. The molecule has 3 aliphatic rings. The Kier molecular flexibility index (Phi) is 6.30. The normalized spacial score (nSPS) is 37.6. The molecule has 4 rings (SSSR count). The van der Waals surface area contributed by atoms with Crippen LogP contribution < -0.4 is 5.32 Å². The Labute approximate surface area is 180 Å². The van der Waals surface area contributed by atoms with Crippen LogP contribution in [0.4, 0.5) is 5.82 Å². The maximum Gasteiger partial charge on any atom is 0.469 e. The highest BCUT2D eigenvalue weighted by Crippen LogP contribution is 2.38. The number of ether oxygens (including phenoxy) is 2. The summed E-state index contributed by atoms with van der Waals surface area (Å²) in [5, 5.41) is 61.4. The molecule has 1 aromatic heterocycles. The van der Waals surface area contributed by atoms with Crippen LogP contribution in [0.25, 0.3) is 0 Å². The summed E-state index contributed by atoms with van der Waals surface area (Å²) >= 11 is 0. The molecule has 0 aliphatic carbocycles. The van der Waals surface area contributed by atoms with E-state index in [4.69, 9.17) is 24.7 Å². The molecular formula is C15H24N5O11P. The molecule has 1 unspecified atom stereocenters. The minimum atomic E-state index is -4.82. The molecule has 32 heavy (non-hydrogen) atoms. The maximum atomic E-state index is 10.9. The highest BCUT2D eigenvalue weighted by molar-refractivity contribution is 7.46. The summed E-state index contributed by atoms with van der Waals surface area (Å²) in [5.41, 5.74) is 0.0918. The van der Waals surface area contributed by atoms with Crippen molar-refractivity contribution in [1.29, 1.82) is 5.41 Å². The third-order valence-electron chi connectivity index (χ3n) is 5.56.